The molecule has 1 amide bonds. The minimum Gasteiger partial charge on any atom is -0.383 e. The second kappa shape index (κ2) is 6.76. The summed E-state index contributed by atoms with van der Waals surface area (Å²) in [4.78, 5) is 19.4. The largest absolute Gasteiger partial charge is 0.383 e. The number of piperazine rings is 1. The average molecular weight is 288 g/mol. The summed E-state index contributed by atoms with van der Waals surface area (Å²) >= 11 is 0. The van der Waals surface area contributed by atoms with E-state index in [4.69, 9.17) is 4.74 Å². The Hall–Kier alpha value is -1.54. The maximum absolute atomic E-state index is 12.7. The van der Waals surface area contributed by atoms with Gasteiger partial charge in [0.15, 0.2) is 0 Å². The van der Waals surface area contributed by atoms with Gasteiger partial charge in [0, 0.05) is 39.1 Å². The van der Waals surface area contributed by atoms with Crippen LogP contribution in [0.3, 0.4) is 0 Å². The molecule has 0 unspecified atom stereocenters. The lowest BCUT2D eigenvalue weighted by Crippen LogP contribution is -2.50. The number of halogens is 2. The number of amides is 1. The molecule has 2 heterocycles. The Morgan fingerprint density at radius 3 is 2.90 bits per heavy atom. The quantitative estimate of drug-likeness (QED) is 0.768. The number of rotatable bonds is 6. The summed E-state index contributed by atoms with van der Waals surface area (Å²) in [5.74, 6) is 0.265. The van der Waals surface area contributed by atoms with Gasteiger partial charge in [-0.05, 0) is 0 Å². The van der Waals surface area contributed by atoms with Crippen LogP contribution in [-0.2, 0) is 16.1 Å². The van der Waals surface area contributed by atoms with Crippen molar-refractivity contribution in [3.8, 4) is 0 Å². The van der Waals surface area contributed by atoms with Crippen LogP contribution in [0.2, 0.25) is 0 Å². The molecule has 8 heteroatoms. The van der Waals surface area contributed by atoms with Crippen LogP contribution in [0.25, 0.3) is 0 Å². The molecule has 0 radical (unpaired) electrons. The number of ether oxygens (including phenoxy) is 1. The minimum absolute atomic E-state index is 0.0107. The first-order chi connectivity index (χ1) is 9.61. The molecular formula is C12H18F2N4O2. The topological polar surface area (TPSA) is 50.6 Å². The Morgan fingerprint density at radius 2 is 2.25 bits per heavy atom. The van der Waals surface area contributed by atoms with E-state index in [1.807, 2.05) is 4.90 Å². The molecule has 0 N–H and O–H groups in total. The van der Waals surface area contributed by atoms with E-state index < -0.39 is 6.55 Å². The summed E-state index contributed by atoms with van der Waals surface area (Å²) in [5.41, 5.74) is 0. The number of imidazole rings is 1. The van der Waals surface area contributed by atoms with Crippen molar-refractivity contribution in [3.63, 3.8) is 0 Å². The van der Waals surface area contributed by atoms with Crippen molar-refractivity contribution in [3.05, 3.63) is 18.2 Å². The molecule has 112 valence electrons. The number of carbonyl (C=O) groups is 1. The zero-order valence-electron chi connectivity index (χ0n) is 11.3. The van der Waals surface area contributed by atoms with Gasteiger partial charge in [0.2, 0.25) is 5.91 Å². The molecular weight excluding hydrogens is 270 g/mol. The molecule has 0 spiro atoms. The third-order valence-corrected chi connectivity index (χ3v) is 3.29. The molecule has 0 aromatic carbocycles. The highest BCUT2D eigenvalue weighted by molar-refractivity contribution is 5.79. The first-order valence-electron chi connectivity index (χ1n) is 6.40. The minimum atomic E-state index is -2.61. The van der Waals surface area contributed by atoms with Crippen LogP contribution in [0.15, 0.2) is 12.4 Å². The second-order valence-corrected chi connectivity index (χ2v) is 4.61. The molecule has 0 saturated carbocycles. The van der Waals surface area contributed by atoms with E-state index in [0.29, 0.717) is 26.2 Å². The van der Waals surface area contributed by atoms with E-state index in [0.717, 1.165) is 4.57 Å². The van der Waals surface area contributed by atoms with Gasteiger partial charge < -0.3 is 9.64 Å². The monoisotopic (exact) mass is 288 g/mol. The van der Waals surface area contributed by atoms with E-state index in [9.17, 15) is 13.6 Å². The van der Waals surface area contributed by atoms with E-state index in [-0.39, 0.29) is 24.8 Å². The van der Waals surface area contributed by atoms with Crippen LogP contribution in [0, 0.1) is 0 Å². The maximum Gasteiger partial charge on any atom is 0.319 e. The third kappa shape index (κ3) is 3.51. The zero-order chi connectivity index (χ0) is 14.5. The lowest BCUT2D eigenvalue weighted by molar-refractivity contribution is -0.137. The van der Waals surface area contributed by atoms with Crippen molar-refractivity contribution in [1.82, 2.24) is 19.4 Å². The van der Waals surface area contributed by atoms with Crippen molar-refractivity contribution in [1.29, 1.82) is 0 Å². The summed E-state index contributed by atoms with van der Waals surface area (Å²) in [6.45, 7) is 0.159. The molecule has 2 rings (SSSR count). The molecule has 1 aromatic rings. The first kappa shape index (κ1) is 14.9. The molecule has 1 aliphatic heterocycles. The van der Waals surface area contributed by atoms with Gasteiger partial charge in [-0.15, -0.1) is 0 Å². The van der Waals surface area contributed by atoms with Crippen molar-refractivity contribution in [2.75, 3.05) is 39.9 Å². The summed E-state index contributed by atoms with van der Waals surface area (Å²) in [5, 5.41) is 0. The Morgan fingerprint density at radius 1 is 1.45 bits per heavy atom. The van der Waals surface area contributed by atoms with Gasteiger partial charge in [-0.3, -0.25) is 14.3 Å². The number of hydrogen-bond acceptors (Lipinski definition) is 4. The van der Waals surface area contributed by atoms with E-state index in [2.05, 4.69) is 4.98 Å². The molecule has 0 bridgehead atoms. The number of hydrogen-bond donors (Lipinski definition) is 0. The molecule has 1 fully saturated rings. The van der Waals surface area contributed by atoms with E-state index in [1.54, 1.807) is 12.0 Å². The molecule has 0 aliphatic carbocycles. The summed E-state index contributed by atoms with van der Waals surface area (Å²) in [7, 11) is 1.59. The highest BCUT2D eigenvalue weighted by Gasteiger charge is 2.25. The number of alkyl halides is 2. The van der Waals surface area contributed by atoms with Crippen LogP contribution in [0.1, 0.15) is 12.4 Å². The molecule has 1 saturated heterocycles. The zero-order valence-corrected chi connectivity index (χ0v) is 11.3. The molecule has 0 atom stereocenters. The van der Waals surface area contributed by atoms with Gasteiger partial charge in [-0.2, -0.15) is 8.78 Å². The smallest absolute Gasteiger partial charge is 0.319 e. The van der Waals surface area contributed by atoms with Gasteiger partial charge in [-0.25, -0.2) is 4.98 Å². The Kier molecular flexibility index (Phi) is 5.02. The third-order valence-electron chi connectivity index (χ3n) is 3.29. The summed E-state index contributed by atoms with van der Waals surface area (Å²) < 4.78 is 31.2. The molecule has 1 aromatic heterocycles. The SMILES string of the molecule is COCCN1CCN(Cc2nccn2C(F)F)CC1=O. The number of methoxy groups -OCH3 is 1. The number of aromatic nitrogens is 2. The summed E-state index contributed by atoms with van der Waals surface area (Å²) in [6.07, 6.45) is 2.59. The fourth-order valence-electron chi connectivity index (χ4n) is 2.17. The first-order valence-corrected chi connectivity index (χ1v) is 6.40. The van der Waals surface area contributed by atoms with E-state index >= 15 is 0 Å². The highest BCUT2D eigenvalue weighted by atomic mass is 19.3. The van der Waals surface area contributed by atoms with Crippen molar-refractivity contribution < 1.29 is 18.3 Å². The van der Waals surface area contributed by atoms with Crippen LogP contribution in [0.5, 0.6) is 0 Å². The van der Waals surface area contributed by atoms with Crippen molar-refractivity contribution >= 4 is 5.91 Å². The van der Waals surface area contributed by atoms with Gasteiger partial charge >= 0.3 is 6.55 Å². The van der Waals surface area contributed by atoms with Crippen molar-refractivity contribution in [2.24, 2.45) is 0 Å². The van der Waals surface area contributed by atoms with E-state index in [1.165, 1.54) is 12.4 Å². The fourth-order valence-corrected chi connectivity index (χ4v) is 2.17. The second-order valence-electron chi connectivity index (χ2n) is 4.61. The van der Waals surface area contributed by atoms with Crippen LogP contribution < -0.4 is 0 Å². The lowest BCUT2D eigenvalue weighted by atomic mass is 10.3. The maximum atomic E-state index is 12.7. The predicted octanol–water partition coefficient (Wildman–Crippen LogP) is 0.569. The summed E-state index contributed by atoms with van der Waals surface area (Å²) in [6, 6.07) is 0. The number of nitrogens with zero attached hydrogens (tertiary/aromatic N) is 4. The fraction of sp³-hybridized carbons (Fsp3) is 0.667. The Balaban J connectivity index is 1.90. The number of carbonyl (C=O) groups excluding carboxylic acids is 1. The average Bonchev–Trinajstić information content (AvgIpc) is 2.86. The molecule has 6 nitrogen and oxygen atoms in total. The van der Waals surface area contributed by atoms with Gasteiger partial charge in [0.05, 0.1) is 19.7 Å². The molecule has 1 aliphatic rings. The van der Waals surface area contributed by atoms with Crippen LogP contribution in [0.4, 0.5) is 8.78 Å². The van der Waals surface area contributed by atoms with Crippen molar-refractivity contribution in [2.45, 2.75) is 13.1 Å². The highest BCUT2D eigenvalue weighted by Crippen LogP contribution is 2.15. The van der Waals surface area contributed by atoms with Crippen LogP contribution >= 0.6 is 0 Å². The van der Waals surface area contributed by atoms with Gasteiger partial charge in [0.25, 0.3) is 0 Å². The van der Waals surface area contributed by atoms with Gasteiger partial charge in [-0.1, -0.05) is 0 Å². The standard InChI is InChI=1S/C12H18F2N4O2/c1-20-7-6-17-5-4-16(9-11(17)19)8-10-15-2-3-18(10)12(13)14/h2-3,12H,4-9H2,1H3. The van der Waals surface area contributed by atoms with Crippen LogP contribution in [-0.4, -0.2) is 65.2 Å². The Bertz CT molecular complexity index is 452. The van der Waals surface area contributed by atoms with Gasteiger partial charge in [0.1, 0.15) is 5.82 Å². The molecule has 20 heavy (non-hydrogen) atoms. The Labute approximate surface area is 115 Å². The predicted molar refractivity (Wildman–Crippen MR) is 67.2 cm³/mol. The normalized spacial score (nSPS) is 17.2. The lowest BCUT2D eigenvalue weighted by Gasteiger charge is -2.33.